The Hall–Kier alpha value is -1.95. The molecule has 0 spiro atoms. The molecule has 0 bridgehead atoms. The molecule has 0 unspecified atom stereocenters. The van der Waals surface area contributed by atoms with Gasteiger partial charge in [0.2, 0.25) is 0 Å². The van der Waals surface area contributed by atoms with Gasteiger partial charge in [0.1, 0.15) is 5.84 Å². The molecule has 0 aliphatic heterocycles. The number of allylic oxidation sites excluding steroid dienone is 3. The predicted octanol–water partition coefficient (Wildman–Crippen LogP) is 5.62. The summed E-state index contributed by atoms with van der Waals surface area (Å²) in [4.78, 5) is 6.93. The summed E-state index contributed by atoms with van der Waals surface area (Å²) in [6, 6.07) is 6.76. The van der Waals surface area contributed by atoms with Gasteiger partial charge in [-0.05, 0) is 25.1 Å². The zero-order valence-corrected chi connectivity index (χ0v) is 14.8. The van der Waals surface area contributed by atoms with Crippen LogP contribution in [0.4, 0.5) is 18.9 Å². The van der Waals surface area contributed by atoms with Gasteiger partial charge >= 0.3 is 6.18 Å². The van der Waals surface area contributed by atoms with Crippen LogP contribution < -0.4 is 0 Å². The molecule has 0 heterocycles. The molecule has 130 valence electrons. The molecule has 0 saturated heterocycles. The van der Waals surface area contributed by atoms with Crippen molar-refractivity contribution in [1.29, 1.82) is 0 Å². The SMILES string of the molecule is C=CC(=C\C=C/C)/C(=N/c1cccc(SCC(F)(F)F)c1)N(C)C. The van der Waals surface area contributed by atoms with Gasteiger partial charge in [0.15, 0.2) is 0 Å². The Morgan fingerprint density at radius 1 is 1.33 bits per heavy atom. The molecular formula is C18H21F3N2S. The molecule has 1 aromatic rings. The van der Waals surface area contributed by atoms with E-state index in [9.17, 15) is 13.2 Å². The second-order valence-corrected chi connectivity index (χ2v) is 6.13. The molecule has 0 fully saturated rings. The minimum Gasteiger partial charge on any atom is -0.362 e. The van der Waals surface area contributed by atoms with Crippen molar-refractivity contribution in [3.05, 3.63) is 60.7 Å². The number of benzene rings is 1. The number of halogens is 3. The van der Waals surface area contributed by atoms with E-state index >= 15 is 0 Å². The summed E-state index contributed by atoms with van der Waals surface area (Å²) in [7, 11) is 3.71. The summed E-state index contributed by atoms with van der Waals surface area (Å²) >= 11 is 0.751. The van der Waals surface area contributed by atoms with Gasteiger partial charge in [0.05, 0.1) is 11.4 Å². The van der Waals surface area contributed by atoms with E-state index in [1.54, 1.807) is 30.3 Å². The van der Waals surface area contributed by atoms with Crippen molar-refractivity contribution in [2.24, 2.45) is 4.99 Å². The third kappa shape index (κ3) is 7.08. The normalized spacial score (nSPS) is 13.4. The highest BCUT2D eigenvalue weighted by molar-refractivity contribution is 7.99. The maximum Gasteiger partial charge on any atom is 0.398 e. The highest BCUT2D eigenvalue weighted by Gasteiger charge is 2.27. The molecule has 2 nitrogen and oxygen atoms in total. The first-order valence-electron chi connectivity index (χ1n) is 7.28. The van der Waals surface area contributed by atoms with E-state index in [1.165, 1.54) is 0 Å². The summed E-state index contributed by atoms with van der Waals surface area (Å²) in [5.74, 6) is -0.235. The smallest absolute Gasteiger partial charge is 0.362 e. The zero-order chi connectivity index (χ0) is 18.2. The average Bonchev–Trinajstić information content (AvgIpc) is 2.52. The fraction of sp³-hybridized carbons (Fsp3) is 0.278. The van der Waals surface area contributed by atoms with Gasteiger partial charge in [-0.15, -0.1) is 11.8 Å². The Morgan fingerprint density at radius 2 is 2.04 bits per heavy atom. The standard InChI is InChI=1S/C18H21F3N2S/c1-5-7-9-14(6-2)17(23(3)4)22-15-10-8-11-16(12-15)24-13-18(19,20)21/h5-12H,2,13H2,1,3-4H3/b7-5-,14-9+,22-17-. The van der Waals surface area contributed by atoms with Crippen LogP contribution in [0.3, 0.4) is 0 Å². The monoisotopic (exact) mass is 354 g/mol. The molecule has 0 amide bonds. The fourth-order valence-corrected chi connectivity index (χ4v) is 2.50. The first kappa shape index (κ1) is 20.1. The van der Waals surface area contributed by atoms with Crippen molar-refractivity contribution in [3.8, 4) is 0 Å². The van der Waals surface area contributed by atoms with Gasteiger partial charge in [0, 0.05) is 24.6 Å². The number of likely N-dealkylation sites (N-methyl/N-ethyl adjacent to an activating group) is 1. The molecule has 6 heteroatoms. The van der Waals surface area contributed by atoms with Crippen LogP contribution in [0.25, 0.3) is 0 Å². The fourth-order valence-electron chi connectivity index (χ4n) is 1.79. The van der Waals surface area contributed by atoms with Gasteiger partial charge in [0.25, 0.3) is 0 Å². The predicted molar refractivity (Wildman–Crippen MR) is 97.1 cm³/mol. The maximum atomic E-state index is 12.3. The third-order valence-corrected chi connectivity index (χ3v) is 3.88. The van der Waals surface area contributed by atoms with Crippen molar-refractivity contribution < 1.29 is 13.2 Å². The van der Waals surface area contributed by atoms with Crippen molar-refractivity contribution >= 4 is 23.3 Å². The molecule has 0 aliphatic rings. The Bertz CT molecular complexity index is 644. The van der Waals surface area contributed by atoms with Crippen LogP contribution in [0.1, 0.15) is 6.92 Å². The Morgan fingerprint density at radius 3 is 2.58 bits per heavy atom. The number of hydrogen-bond donors (Lipinski definition) is 0. The van der Waals surface area contributed by atoms with Gasteiger partial charge in [-0.25, -0.2) is 4.99 Å². The Kier molecular flexibility index (Phi) is 7.85. The Balaban J connectivity index is 3.12. The minimum atomic E-state index is -4.19. The van der Waals surface area contributed by atoms with Gasteiger partial charge < -0.3 is 4.90 Å². The second-order valence-electron chi connectivity index (χ2n) is 5.08. The topological polar surface area (TPSA) is 15.6 Å². The molecule has 0 aromatic heterocycles. The first-order chi connectivity index (χ1) is 11.3. The van der Waals surface area contributed by atoms with Crippen LogP contribution in [0.2, 0.25) is 0 Å². The van der Waals surface area contributed by atoms with Crippen LogP contribution in [-0.2, 0) is 0 Å². The number of thioether (sulfide) groups is 1. The summed E-state index contributed by atoms with van der Waals surface area (Å²) in [6.45, 7) is 5.70. The molecule has 0 saturated carbocycles. The van der Waals surface area contributed by atoms with Crippen LogP contribution in [0.5, 0.6) is 0 Å². The van der Waals surface area contributed by atoms with E-state index in [4.69, 9.17) is 0 Å². The lowest BCUT2D eigenvalue weighted by atomic mass is 10.2. The second kappa shape index (κ2) is 9.37. The van der Waals surface area contributed by atoms with Crippen molar-refractivity contribution in [2.45, 2.75) is 18.0 Å². The largest absolute Gasteiger partial charge is 0.398 e. The number of rotatable bonds is 6. The van der Waals surface area contributed by atoms with Crippen LogP contribution >= 0.6 is 11.8 Å². The van der Waals surface area contributed by atoms with Crippen LogP contribution in [-0.4, -0.2) is 36.8 Å². The number of nitrogens with zero attached hydrogens (tertiary/aromatic N) is 2. The van der Waals surface area contributed by atoms with Gasteiger partial charge in [-0.2, -0.15) is 13.2 Å². The van der Waals surface area contributed by atoms with E-state index in [-0.39, 0.29) is 0 Å². The molecule has 1 aromatic carbocycles. The summed E-state index contributed by atoms with van der Waals surface area (Å²) in [6.07, 6.45) is 3.16. The van der Waals surface area contributed by atoms with Crippen LogP contribution in [0.15, 0.2) is 70.6 Å². The molecule has 0 radical (unpaired) electrons. The zero-order valence-electron chi connectivity index (χ0n) is 14.0. The van der Waals surface area contributed by atoms with E-state index < -0.39 is 11.9 Å². The highest BCUT2D eigenvalue weighted by atomic mass is 32.2. The number of hydrogen-bond acceptors (Lipinski definition) is 2. The Labute approximate surface area is 145 Å². The molecular weight excluding hydrogens is 333 g/mol. The highest BCUT2D eigenvalue weighted by Crippen LogP contribution is 2.29. The van der Waals surface area contributed by atoms with E-state index in [0.29, 0.717) is 16.4 Å². The number of amidine groups is 1. The summed E-state index contributed by atoms with van der Waals surface area (Å²) in [5, 5.41) is 0. The van der Waals surface area contributed by atoms with E-state index in [0.717, 1.165) is 17.3 Å². The molecule has 24 heavy (non-hydrogen) atoms. The van der Waals surface area contributed by atoms with Gasteiger partial charge in [-0.3, -0.25) is 0 Å². The third-order valence-electron chi connectivity index (χ3n) is 2.83. The molecule has 1 rings (SSSR count). The summed E-state index contributed by atoms with van der Waals surface area (Å²) < 4.78 is 37.0. The minimum absolute atomic E-state index is 0.532. The lowest BCUT2D eigenvalue weighted by molar-refractivity contribution is -0.105. The van der Waals surface area contributed by atoms with Gasteiger partial charge in [-0.1, -0.05) is 36.9 Å². The molecule has 0 atom stereocenters. The molecule has 0 aliphatic carbocycles. The average molecular weight is 354 g/mol. The van der Waals surface area contributed by atoms with Crippen LogP contribution in [0, 0.1) is 0 Å². The summed E-state index contributed by atoms with van der Waals surface area (Å²) in [5.41, 5.74) is 1.42. The quantitative estimate of drug-likeness (QED) is 0.285. The van der Waals surface area contributed by atoms with Crippen molar-refractivity contribution in [3.63, 3.8) is 0 Å². The van der Waals surface area contributed by atoms with E-state index in [2.05, 4.69) is 11.6 Å². The maximum absolute atomic E-state index is 12.3. The molecule has 0 N–H and O–H groups in total. The van der Waals surface area contributed by atoms with Crippen molar-refractivity contribution in [2.75, 3.05) is 19.8 Å². The van der Waals surface area contributed by atoms with E-state index in [1.807, 2.05) is 44.1 Å². The number of aliphatic imine (C=N–C) groups is 1. The van der Waals surface area contributed by atoms with Crippen molar-refractivity contribution in [1.82, 2.24) is 4.90 Å². The first-order valence-corrected chi connectivity index (χ1v) is 8.27. The number of alkyl halides is 3. The lowest BCUT2D eigenvalue weighted by Gasteiger charge is -2.17. The lowest BCUT2D eigenvalue weighted by Crippen LogP contribution is -2.23.